The van der Waals surface area contributed by atoms with Gasteiger partial charge in [-0.25, -0.2) is 0 Å². The molecule has 0 aliphatic heterocycles. The van der Waals surface area contributed by atoms with Gasteiger partial charge in [0.1, 0.15) is 0 Å². The van der Waals surface area contributed by atoms with Gasteiger partial charge < -0.3 is 9.47 Å². The lowest BCUT2D eigenvalue weighted by Gasteiger charge is -2.27. The molecule has 0 fully saturated rings. The van der Waals surface area contributed by atoms with E-state index in [1.165, 1.54) is 65.6 Å². The van der Waals surface area contributed by atoms with Gasteiger partial charge in [-0.05, 0) is 104 Å². The van der Waals surface area contributed by atoms with Crippen molar-refractivity contribution in [3.63, 3.8) is 0 Å². The maximum Gasteiger partial charge on any atom is 0.0542 e. The first-order chi connectivity index (χ1) is 25.8. The highest BCUT2D eigenvalue weighted by molar-refractivity contribution is 6.22. The zero-order valence-corrected chi connectivity index (χ0v) is 28.5. The first-order valence-corrected chi connectivity index (χ1v) is 17.9. The minimum atomic E-state index is 1.11. The average molecular weight is 663 g/mol. The van der Waals surface area contributed by atoms with E-state index in [9.17, 15) is 0 Å². The van der Waals surface area contributed by atoms with Crippen LogP contribution in [-0.4, -0.2) is 4.57 Å². The van der Waals surface area contributed by atoms with E-state index in [0.29, 0.717) is 0 Å². The smallest absolute Gasteiger partial charge is 0.0542 e. The third-order valence-electron chi connectivity index (χ3n) is 10.3. The molecule has 244 valence electrons. The molecule has 10 aromatic rings. The maximum atomic E-state index is 2.40. The number of hydrogen-bond acceptors (Lipinski definition) is 1. The Labute approximate surface area is 303 Å². The molecule has 0 bridgehead atoms. The topological polar surface area (TPSA) is 8.17 Å². The minimum absolute atomic E-state index is 1.11. The summed E-state index contributed by atoms with van der Waals surface area (Å²) in [4.78, 5) is 2.40. The summed E-state index contributed by atoms with van der Waals surface area (Å²) in [5, 5.41) is 7.44. The third-order valence-corrected chi connectivity index (χ3v) is 10.3. The second-order valence-corrected chi connectivity index (χ2v) is 13.3. The Hall–Kier alpha value is -6.90. The lowest BCUT2D eigenvalue weighted by atomic mass is 9.85. The predicted octanol–water partition coefficient (Wildman–Crippen LogP) is 13.9. The van der Waals surface area contributed by atoms with Gasteiger partial charge in [-0.3, -0.25) is 0 Å². The largest absolute Gasteiger partial charge is 0.310 e. The Morgan fingerprint density at radius 2 is 0.750 bits per heavy atom. The van der Waals surface area contributed by atoms with Crippen LogP contribution in [0.15, 0.2) is 206 Å². The van der Waals surface area contributed by atoms with Crippen LogP contribution in [0.2, 0.25) is 0 Å². The van der Waals surface area contributed by atoms with Crippen LogP contribution < -0.4 is 4.90 Å². The normalized spacial score (nSPS) is 11.5. The molecule has 0 saturated carbocycles. The van der Waals surface area contributed by atoms with E-state index in [1.807, 2.05) is 0 Å². The number of hydrogen-bond donors (Lipinski definition) is 0. The van der Waals surface area contributed by atoms with E-state index < -0.39 is 0 Å². The summed E-state index contributed by atoms with van der Waals surface area (Å²) in [6.45, 7) is 0. The summed E-state index contributed by atoms with van der Waals surface area (Å²) < 4.78 is 2.37. The number of rotatable bonds is 6. The van der Waals surface area contributed by atoms with Crippen molar-refractivity contribution in [2.24, 2.45) is 0 Å². The highest BCUT2D eigenvalue weighted by Crippen LogP contribution is 2.47. The Bertz CT molecular complexity index is 2870. The average Bonchev–Trinajstić information content (AvgIpc) is 3.55. The van der Waals surface area contributed by atoms with Crippen molar-refractivity contribution in [3.8, 4) is 27.9 Å². The van der Waals surface area contributed by atoms with Gasteiger partial charge in [-0.1, -0.05) is 146 Å². The molecule has 0 amide bonds. The summed E-state index contributed by atoms with van der Waals surface area (Å²) in [6, 6.07) is 74.7. The maximum absolute atomic E-state index is 2.40. The molecular weight excluding hydrogens is 629 g/mol. The van der Waals surface area contributed by atoms with Crippen LogP contribution in [0.1, 0.15) is 0 Å². The standard InChI is InChI=1S/C50H34N2/c1-5-17-35(18-6-1)49-44-27-14-13-25-41(44)42-31-29-39(34-46(42)50(49)36-19-7-2-8-20-36)51(37-21-9-3-10-22-37)40-30-32-48-45(33-40)43-26-15-16-28-47(43)52(48)38-23-11-4-12-24-38/h1-34H. The fourth-order valence-corrected chi connectivity index (χ4v) is 8.11. The number of benzene rings is 9. The summed E-state index contributed by atoms with van der Waals surface area (Å²) in [5.41, 5.74) is 11.8. The van der Waals surface area contributed by atoms with Crippen LogP contribution in [0.3, 0.4) is 0 Å². The first kappa shape index (κ1) is 30.0. The van der Waals surface area contributed by atoms with E-state index in [4.69, 9.17) is 0 Å². The molecule has 0 aliphatic rings. The molecule has 0 saturated heterocycles. The zero-order valence-electron chi connectivity index (χ0n) is 28.5. The Morgan fingerprint density at radius 1 is 0.288 bits per heavy atom. The molecule has 1 aromatic heterocycles. The fraction of sp³-hybridized carbons (Fsp3) is 0. The van der Waals surface area contributed by atoms with Gasteiger partial charge in [-0.2, -0.15) is 0 Å². The number of para-hydroxylation sites is 3. The van der Waals surface area contributed by atoms with Crippen LogP contribution in [0.5, 0.6) is 0 Å². The van der Waals surface area contributed by atoms with Crippen molar-refractivity contribution in [3.05, 3.63) is 206 Å². The highest BCUT2D eigenvalue weighted by Gasteiger charge is 2.21. The van der Waals surface area contributed by atoms with Crippen molar-refractivity contribution in [1.29, 1.82) is 0 Å². The summed E-state index contributed by atoms with van der Waals surface area (Å²) >= 11 is 0. The molecular formula is C50H34N2. The lowest BCUT2D eigenvalue weighted by molar-refractivity contribution is 1.18. The summed E-state index contributed by atoms with van der Waals surface area (Å²) in [7, 11) is 0. The molecule has 2 heteroatoms. The van der Waals surface area contributed by atoms with Gasteiger partial charge in [0.15, 0.2) is 0 Å². The second-order valence-electron chi connectivity index (χ2n) is 13.3. The van der Waals surface area contributed by atoms with E-state index in [2.05, 4.69) is 216 Å². The molecule has 10 rings (SSSR count). The van der Waals surface area contributed by atoms with Crippen LogP contribution >= 0.6 is 0 Å². The molecule has 2 nitrogen and oxygen atoms in total. The number of aromatic nitrogens is 1. The second kappa shape index (κ2) is 12.5. The Balaban J connectivity index is 1.27. The molecule has 9 aromatic carbocycles. The number of anilines is 3. The molecule has 0 N–H and O–H groups in total. The van der Waals surface area contributed by atoms with Gasteiger partial charge in [0.05, 0.1) is 11.0 Å². The molecule has 0 unspecified atom stereocenters. The SMILES string of the molecule is c1ccc(-c2c(-c3ccccc3)c3cc(N(c4ccccc4)c4ccc5c(c4)c4ccccc4n5-c4ccccc4)ccc3c3ccccc23)cc1. The molecule has 0 radical (unpaired) electrons. The van der Waals surface area contributed by atoms with E-state index in [1.54, 1.807) is 0 Å². The van der Waals surface area contributed by atoms with Crippen molar-refractivity contribution >= 4 is 60.4 Å². The van der Waals surface area contributed by atoms with Crippen LogP contribution in [0, 0.1) is 0 Å². The predicted molar refractivity (Wildman–Crippen MR) is 221 cm³/mol. The van der Waals surface area contributed by atoms with Crippen LogP contribution in [0.25, 0.3) is 71.3 Å². The highest BCUT2D eigenvalue weighted by atomic mass is 15.1. The monoisotopic (exact) mass is 662 g/mol. The van der Waals surface area contributed by atoms with Crippen molar-refractivity contribution < 1.29 is 0 Å². The van der Waals surface area contributed by atoms with Crippen LogP contribution in [0.4, 0.5) is 17.1 Å². The fourth-order valence-electron chi connectivity index (χ4n) is 8.11. The zero-order chi connectivity index (χ0) is 34.4. The summed E-state index contributed by atoms with van der Waals surface area (Å²) in [5.74, 6) is 0. The molecule has 0 atom stereocenters. The van der Waals surface area contributed by atoms with Gasteiger partial charge >= 0.3 is 0 Å². The Kier molecular flexibility index (Phi) is 7.18. The molecule has 0 aliphatic carbocycles. The summed E-state index contributed by atoms with van der Waals surface area (Å²) in [6.07, 6.45) is 0. The number of fused-ring (bicyclic) bond motifs is 6. The van der Waals surface area contributed by atoms with Crippen molar-refractivity contribution in [2.45, 2.75) is 0 Å². The quantitative estimate of drug-likeness (QED) is 0.161. The van der Waals surface area contributed by atoms with Gasteiger partial charge in [-0.15, -0.1) is 0 Å². The third kappa shape index (κ3) is 4.88. The molecule has 1 heterocycles. The molecule has 0 spiro atoms. The van der Waals surface area contributed by atoms with Crippen LogP contribution in [-0.2, 0) is 0 Å². The number of nitrogens with zero attached hydrogens (tertiary/aromatic N) is 2. The van der Waals surface area contributed by atoms with Crippen molar-refractivity contribution in [1.82, 2.24) is 4.57 Å². The molecule has 52 heavy (non-hydrogen) atoms. The van der Waals surface area contributed by atoms with E-state index in [-0.39, 0.29) is 0 Å². The lowest BCUT2D eigenvalue weighted by Crippen LogP contribution is -2.10. The van der Waals surface area contributed by atoms with E-state index >= 15 is 0 Å². The first-order valence-electron chi connectivity index (χ1n) is 17.9. The van der Waals surface area contributed by atoms with Gasteiger partial charge in [0.2, 0.25) is 0 Å². The van der Waals surface area contributed by atoms with Gasteiger partial charge in [0.25, 0.3) is 0 Å². The Morgan fingerprint density at radius 3 is 1.42 bits per heavy atom. The van der Waals surface area contributed by atoms with Crippen molar-refractivity contribution in [2.75, 3.05) is 4.90 Å². The van der Waals surface area contributed by atoms with Gasteiger partial charge in [0, 0.05) is 33.5 Å². The van der Waals surface area contributed by atoms with E-state index in [0.717, 1.165) is 22.7 Å². The minimum Gasteiger partial charge on any atom is -0.310 e.